The molecule has 3 rings (SSSR count). The summed E-state index contributed by atoms with van der Waals surface area (Å²) in [6, 6.07) is 14.3. The van der Waals surface area contributed by atoms with E-state index in [4.69, 9.17) is 11.6 Å². The van der Waals surface area contributed by atoms with Gasteiger partial charge in [-0.15, -0.1) is 11.8 Å². The number of thioether (sulfide) groups is 1. The highest BCUT2D eigenvalue weighted by Crippen LogP contribution is 2.28. The van der Waals surface area contributed by atoms with Crippen LogP contribution in [0.3, 0.4) is 0 Å². The predicted octanol–water partition coefficient (Wildman–Crippen LogP) is 5.58. The van der Waals surface area contributed by atoms with Crippen LogP contribution in [0.4, 0.5) is 0 Å². The van der Waals surface area contributed by atoms with Crippen molar-refractivity contribution in [1.82, 2.24) is 5.32 Å². The van der Waals surface area contributed by atoms with E-state index in [0.717, 1.165) is 17.7 Å². The Morgan fingerprint density at radius 3 is 2.60 bits per heavy atom. The van der Waals surface area contributed by atoms with Crippen LogP contribution in [-0.2, 0) is 17.6 Å². The number of carbonyl (C=O) groups is 1. The highest BCUT2D eigenvalue weighted by Gasteiger charge is 2.21. The molecule has 2 aromatic rings. The monoisotopic (exact) mass is 373 g/mol. The van der Waals surface area contributed by atoms with Gasteiger partial charge in [0.05, 0.1) is 11.3 Å². The summed E-state index contributed by atoms with van der Waals surface area (Å²) in [5, 5.41) is 3.80. The van der Waals surface area contributed by atoms with Gasteiger partial charge in [0, 0.05) is 9.92 Å². The highest BCUT2D eigenvalue weighted by atomic mass is 35.5. The second-order valence-electron chi connectivity index (χ2n) is 6.58. The molecule has 0 heterocycles. The van der Waals surface area contributed by atoms with Gasteiger partial charge in [-0.05, 0) is 73.6 Å². The van der Waals surface area contributed by atoms with Crippen molar-refractivity contribution in [2.24, 2.45) is 0 Å². The molecule has 2 atom stereocenters. The second kappa shape index (κ2) is 8.29. The molecule has 0 saturated heterocycles. The maximum atomic E-state index is 12.7. The molecule has 0 fully saturated rings. The fourth-order valence-electron chi connectivity index (χ4n) is 3.25. The Labute approximate surface area is 159 Å². The van der Waals surface area contributed by atoms with Gasteiger partial charge in [0.25, 0.3) is 0 Å². The van der Waals surface area contributed by atoms with E-state index in [0.29, 0.717) is 5.02 Å². The van der Waals surface area contributed by atoms with E-state index >= 15 is 0 Å². The van der Waals surface area contributed by atoms with Gasteiger partial charge in [-0.2, -0.15) is 0 Å². The van der Waals surface area contributed by atoms with Gasteiger partial charge in [0.2, 0.25) is 5.91 Å². The molecule has 132 valence electrons. The molecule has 25 heavy (non-hydrogen) atoms. The number of carbonyl (C=O) groups excluding carboxylic acids is 1. The van der Waals surface area contributed by atoms with Gasteiger partial charge < -0.3 is 5.32 Å². The maximum absolute atomic E-state index is 12.7. The van der Waals surface area contributed by atoms with E-state index in [1.165, 1.54) is 29.5 Å². The molecule has 1 amide bonds. The summed E-state index contributed by atoms with van der Waals surface area (Å²) in [6.45, 7) is 4.11. The Bertz CT molecular complexity index is 744. The average molecular weight is 374 g/mol. The molecular formula is C21H24ClNOS. The summed E-state index contributed by atoms with van der Waals surface area (Å²) in [5.74, 6) is 0.0930. The van der Waals surface area contributed by atoms with Gasteiger partial charge in [0.1, 0.15) is 0 Å². The van der Waals surface area contributed by atoms with Crippen LogP contribution in [0.5, 0.6) is 0 Å². The quantitative estimate of drug-likeness (QED) is 0.670. The Morgan fingerprint density at radius 2 is 1.88 bits per heavy atom. The third-order valence-electron chi connectivity index (χ3n) is 4.74. The number of halogens is 1. The first-order valence-electron chi connectivity index (χ1n) is 8.91. The van der Waals surface area contributed by atoms with Gasteiger partial charge in [0.15, 0.2) is 0 Å². The molecule has 0 spiro atoms. The van der Waals surface area contributed by atoms with Crippen molar-refractivity contribution < 1.29 is 4.79 Å². The van der Waals surface area contributed by atoms with Crippen LogP contribution in [0, 0.1) is 0 Å². The van der Waals surface area contributed by atoms with Crippen LogP contribution in [0.1, 0.15) is 49.4 Å². The topological polar surface area (TPSA) is 29.1 Å². The zero-order valence-electron chi connectivity index (χ0n) is 14.7. The smallest absolute Gasteiger partial charge is 0.233 e. The van der Waals surface area contributed by atoms with E-state index in [9.17, 15) is 4.79 Å². The summed E-state index contributed by atoms with van der Waals surface area (Å²) >= 11 is 7.53. The number of hydrogen-bond acceptors (Lipinski definition) is 2. The molecular weight excluding hydrogens is 350 g/mol. The Balaban J connectivity index is 1.63. The number of rotatable bonds is 6. The Morgan fingerprint density at radius 1 is 1.16 bits per heavy atom. The summed E-state index contributed by atoms with van der Waals surface area (Å²) < 4.78 is 0. The Kier molecular flexibility index (Phi) is 6.08. The van der Waals surface area contributed by atoms with Crippen LogP contribution in [0.15, 0.2) is 47.4 Å². The standard InChI is InChI=1S/C21H24ClNOS/c1-3-20(25-19-11-9-18(22)10-12-19)21(24)23-14(2)16-8-7-15-5-4-6-17(15)13-16/h7-14,20H,3-6H2,1-2H3,(H,23,24). The number of aryl methyl sites for hydroxylation is 2. The molecule has 1 aliphatic rings. The maximum Gasteiger partial charge on any atom is 0.233 e. The van der Waals surface area contributed by atoms with Crippen molar-refractivity contribution in [3.05, 3.63) is 64.2 Å². The number of benzene rings is 2. The van der Waals surface area contributed by atoms with E-state index in [-0.39, 0.29) is 17.2 Å². The minimum absolute atomic E-state index is 0.0262. The lowest BCUT2D eigenvalue weighted by Gasteiger charge is -2.20. The third-order valence-corrected chi connectivity index (χ3v) is 6.36. The predicted molar refractivity (Wildman–Crippen MR) is 106 cm³/mol. The fraction of sp³-hybridized carbons (Fsp3) is 0.381. The number of hydrogen-bond donors (Lipinski definition) is 1. The van der Waals surface area contributed by atoms with Crippen LogP contribution in [-0.4, -0.2) is 11.2 Å². The molecule has 0 aromatic heterocycles. The molecule has 2 nitrogen and oxygen atoms in total. The molecule has 1 N–H and O–H groups in total. The third kappa shape index (κ3) is 4.59. The van der Waals surface area contributed by atoms with Crippen molar-refractivity contribution in [2.45, 2.75) is 55.7 Å². The van der Waals surface area contributed by atoms with Crippen LogP contribution in [0.25, 0.3) is 0 Å². The van der Waals surface area contributed by atoms with Gasteiger partial charge in [-0.3, -0.25) is 4.79 Å². The minimum Gasteiger partial charge on any atom is -0.349 e. The fourth-order valence-corrected chi connectivity index (χ4v) is 4.34. The highest BCUT2D eigenvalue weighted by molar-refractivity contribution is 8.00. The molecule has 2 aromatic carbocycles. The Hall–Kier alpha value is -1.45. The van der Waals surface area contributed by atoms with E-state index in [2.05, 4.69) is 30.4 Å². The number of amides is 1. The zero-order chi connectivity index (χ0) is 17.8. The minimum atomic E-state index is -0.0990. The lowest BCUT2D eigenvalue weighted by molar-refractivity contribution is -0.121. The van der Waals surface area contributed by atoms with Crippen LogP contribution in [0.2, 0.25) is 5.02 Å². The molecule has 1 aliphatic carbocycles. The number of fused-ring (bicyclic) bond motifs is 1. The van der Waals surface area contributed by atoms with E-state index in [1.54, 1.807) is 11.8 Å². The van der Waals surface area contributed by atoms with Crippen LogP contribution < -0.4 is 5.32 Å². The second-order valence-corrected chi connectivity index (χ2v) is 8.29. The van der Waals surface area contributed by atoms with Crippen molar-refractivity contribution in [1.29, 1.82) is 0 Å². The zero-order valence-corrected chi connectivity index (χ0v) is 16.3. The summed E-state index contributed by atoms with van der Waals surface area (Å²) in [7, 11) is 0. The van der Waals surface area contributed by atoms with Gasteiger partial charge in [-0.25, -0.2) is 0 Å². The molecule has 4 heteroatoms. The average Bonchev–Trinajstić information content (AvgIpc) is 3.08. The molecule has 0 bridgehead atoms. The van der Waals surface area contributed by atoms with Crippen molar-refractivity contribution in [2.75, 3.05) is 0 Å². The molecule has 0 radical (unpaired) electrons. The molecule has 2 unspecified atom stereocenters. The van der Waals surface area contributed by atoms with E-state index in [1.807, 2.05) is 31.2 Å². The summed E-state index contributed by atoms with van der Waals surface area (Å²) in [6.07, 6.45) is 4.38. The SMILES string of the molecule is CCC(Sc1ccc(Cl)cc1)C(=O)NC(C)c1ccc2c(c1)CCC2. The molecule has 0 saturated carbocycles. The van der Waals surface area contributed by atoms with Crippen molar-refractivity contribution >= 4 is 29.3 Å². The largest absolute Gasteiger partial charge is 0.349 e. The van der Waals surface area contributed by atoms with Gasteiger partial charge >= 0.3 is 0 Å². The number of nitrogens with one attached hydrogen (secondary N) is 1. The first kappa shape index (κ1) is 18.3. The normalized spacial score (nSPS) is 15.5. The lowest BCUT2D eigenvalue weighted by atomic mass is 10.0. The lowest BCUT2D eigenvalue weighted by Crippen LogP contribution is -2.34. The summed E-state index contributed by atoms with van der Waals surface area (Å²) in [5.41, 5.74) is 4.11. The van der Waals surface area contributed by atoms with Gasteiger partial charge in [-0.1, -0.05) is 36.7 Å². The van der Waals surface area contributed by atoms with E-state index < -0.39 is 0 Å². The molecule has 0 aliphatic heterocycles. The summed E-state index contributed by atoms with van der Waals surface area (Å²) in [4.78, 5) is 13.8. The first-order chi connectivity index (χ1) is 12.1. The van der Waals surface area contributed by atoms with Crippen LogP contribution >= 0.6 is 23.4 Å². The van der Waals surface area contributed by atoms with Crippen molar-refractivity contribution in [3.8, 4) is 0 Å². The first-order valence-corrected chi connectivity index (χ1v) is 10.2. The van der Waals surface area contributed by atoms with Crippen molar-refractivity contribution in [3.63, 3.8) is 0 Å².